The van der Waals surface area contributed by atoms with Gasteiger partial charge in [0.15, 0.2) is 11.7 Å². The number of benzene rings is 1. The Morgan fingerprint density at radius 3 is 2.62 bits per heavy atom. The number of nitrogens with one attached hydrogen (secondary N) is 2. The number of allylic oxidation sites excluding steroid dienone is 1. The molecule has 0 aliphatic heterocycles. The molecule has 1 heterocycles. The normalized spacial score (nSPS) is 25.6. The first-order valence-corrected chi connectivity index (χ1v) is 10.7. The van der Waals surface area contributed by atoms with Gasteiger partial charge in [-0.3, -0.25) is 5.10 Å². The number of aromatic amines is 1. The molecule has 5 rings (SSSR count). The summed E-state index contributed by atoms with van der Waals surface area (Å²) in [5.74, 6) is -0.702. The van der Waals surface area contributed by atoms with Crippen molar-refractivity contribution in [2.24, 2.45) is 22.7 Å². The molecule has 166 valence electrons. The Morgan fingerprint density at radius 1 is 1.31 bits per heavy atom. The SMILES string of the molecule is C=C(/N=C(NC1C2CCC(CC2)C1C(=C)O)\C(F)=C/C)c1n[nH]c2c(F)cc(C#N)cc12. The fourth-order valence-corrected chi connectivity index (χ4v) is 5.14. The number of amidine groups is 1. The number of aliphatic hydroxyl groups is 1. The van der Waals surface area contributed by atoms with Crippen molar-refractivity contribution in [1.29, 1.82) is 5.26 Å². The van der Waals surface area contributed by atoms with Crippen molar-refractivity contribution in [2.75, 3.05) is 0 Å². The number of hydrogen-bond acceptors (Lipinski definition) is 4. The highest BCUT2D eigenvalue weighted by molar-refractivity contribution is 6.01. The number of halogens is 2. The van der Waals surface area contributed by atoms with E-state index >= 15 is 0 Å². The van der Waals surface area contributed by atoms with Gasteiger partial charge in [-0.2, -0.15) is 10.4 Å². The van der Waals surface area contributed by atoms with Gasteiger partial charge in [-0.15, -0.1) is 0 Å². The minimum atomic E-state index is -0.616. The Hall–Kier alpha value is -3.47. The standard InChI is InChI=1S/C24H25F2N5O/c1-4-18(25)24(29-22-16-7-5-15(6-8-16)20(22)13(3)32)28-12(2)21-17-9-14(11-27)10-19(26)23(17)31-30-21/h4,9-10,15-16,20,22,32H,2-3,5-8H2,1H3,(H,28,29)(H,30,31)/b18-4+. The Kier molecular flexibility index (Phi) is 5.83. The van der Waals surface area contributed by atoms with Crippen molar-refractivity contribution in [3.05, 3.63) is 60.0 Å². The summed E-state index contributed by atoms with van der Waals surface area (Å²) < 4.78 is 29.1. The van der Waals surface area contributed by atoms with E-state index in [-0.39, 0.29) is 51.9 Å². The van der Waals surface area contributed by atoms with Crippen LogP contribution in [0.4, 0.5) is 8.78 Å². The van der Waals surface area contributed by atoms with Crippen LogP contribution in [0.1, 0.15) is 43.9 Å². The average molecular weight is 437 g/mol. The van der Waals surface area contributed by atoms with Gasteiger partial charge < -0.3 is 10.4 Å². The van der Waals surface area contributed by atoms with Crippen LogP contribution in [0, 0.1) is 34.9 Å². The second-order valence-corrected chi connectivity index (χ2v) is 8.47. The average Bonchev–Trinajstić information content (AvgIpc) is 3.23. The van der Waals surface area contributed by atoms with E-state index in [1.807, 2.05) is 6.07 Å². The number of H-pyrrole nitrogens is 1. The van der Waals surface area contributed by atoms with E-state index < -0.39 is 11.6 Å². The smallest absolute Gasteiger partial charge is 0.162 e. The number of rotatable bonds is 5. The molecule has 2 unspecified atom stereocenters. The van der Waals surface area contributed by atoms with Crippen LogP contribution in [0.2, 0.25) is 0 Å². The Morgan fingerprint density at radius 2 is 2.00 bits per heavy atom. The van der Waals surface area contributed by atoms with E-state index in [9.17, 15) is 13.9 Å². The van der Waals surface area contributed by atoms with Gasteiger partial charge >= 0.3 is 0 Å². The summed E-state index contributed by atoms with van der Waals surface area (Å²) in [5.41, 5.74) is 0.602. The van der Waals surface area contributed by atoms with Gasteiger partial charge in [-0.05, 0) is 62.7 Å². The first-order valence-electron chi connectivity index (χ1n) is 10.7. The maximum Gasteiger partial charge on any atom is 0.162 e. The predicted octanol–water partition coefficient (Wildman–Crippen LogP) is 5.28. The highest BCUT2D eigenvalue weighted by atomic mass is 19.1. The van der Waals surface area contributed by atoms with Crippen LogP contribution >= 0.6 is 0 Å². The second-order valence-electron chi connectivity index (χ2n) is 8.47. The topological polar surface area (TPSA) is 97.1 Å². The van der Waals surface area contributed by atoms with Crippen LogP contribution in [0.3, 0.4) is 0 Å². The van der Waals surface area contributed by atoms with E-state index in [1.165, 1.54) is 12.1 Å². The van der Waals surface area contributed by atoms with Gasteiger partial charge in [0.2, 0.25) is 0 Å². The molecule has 3 aliphatic rings. The van der Waals surface area contributed by atoms with Crippen molar-refractivity contribution >= 4 is 22.4 Å². The molecule has 3 fully saturated rings. The highest BCUT2D eigenvalue weighted by Crippen LogP contribution is 2.47. The minimum Gasteiger partial charge on any atom is -0.513 e. The zero-order valence-corrected chi connectivity index (χ0v) is 17.8. The molecule has 1 aromatic carbocycles. The minimum absolute atomic E-state index is 0.0191. The van der Waals surface area contributed by atoms with Crippen molar-refractivity contribution in [2.45, 2.75) is 38.6 Å². The lowest BCUT2D eigenvalue weighted by Gasteiger charge is -2.48. The molecule has 0 amide bonds. The second kappa shape index (κ2) is 8.58. The zero-order chi connectivity index (χ0) is 23.0. The lowest BCUT2D eigenvalue weighted by Crippen LogP contribution is -2.54. The van der Waals surface area contributed by atoms with Gasteiger partial charge in [0.25, 0.3) is 0 Å². The summed E-state index contributed by atoms with van der Waals surface area (Å²) in [6.07, 6.45) is 5.32. The lowest BCUT2D eigenvalue weighted by atomic mass is 9.61. The molecule has 0 radical (unpaired) electrons. The van der Waals surface area contributed by atoms with Crippen molar-refractivity contribution in [1.82, 2.24) is 15.5 Å². The molecule has 3 saturated carbocycles. The lowest BCUT2D eigenvalue weighted by molar-refractivity contribution is 0.0573. The zero-order valence-electron chi connectivity index (χ0n) is 17.8. The molecule has 32 heavy (non-hydrogen) atoms. The summed E-state index contributed by atoms with van der Waals surface area (Å²) in [6, 6.07) is 4.31. The van der Waals surface area contributed by atoms with Gasteiger partial charge in [-0.25, -0.2) is 13.8 Å². The third-order valence-electron chi connectivity index (χ3n) is 6.66. The van der Waals surface area contributed by atoms with Crippen molar-refractivity contribution < 1.29 is 13.9 Å². The van der Waals surface area contributed by atoms with Crippen molar-refractivity contribution in [3.63, 3.8) is 0 Å². The summed E-state index contributed by atoms with van der Waals surface area (Å²) in [7, 11) is 0. The molecule has 1 aromatic heterocycles. The fourth-order valence-electron chi connectivity index (χ4n) is 5.14. The number of aliphatic hydroxyl groups excluding tert-OH is 1. The molecule has 3 aliphatic carbocycles. The number of nitrogens with zero attached hydrogens (tertiary/aromatic N) is 3. The maximum atomic E-state index is 14.8. The quantitative estimate of drug-likeness (QED) is 0.337. The number of aliphatic imine (C=N–C) groups is 1. The van der Waals surface area contributed by atoms with Crippen molar-refractivity contribution in [3.8, 4) is 6.07 Å². The highest BCUT2D eigenvalue weighted by Gasteiger charge is 2.45. The van der Waals surface area contributed by atoms with E-state index in [2.05, 4.69) is 33.7 Å². The molecule has 2 atom stereocenters. The molecular weight excluding hydrogens is 412 g/mol. The van der Waals surface area contributed by atoms with E-state index in [1.54, 1.807) is 6.92 Å². The molecule has 8 heteroatoms. The van der Waals surface area contributed by atoms with Crippen LogP contribution in [-0.4, -0.2) is 27.2 Å². The number of fused-ring (bicyclic) bond motifs is 4. The maximum absolute atomic E-state index is 14.8. The summed E-state index contributed by atoms with van der Waals surface area (Å²) in [5, 5.41) is 29.6. The summed E-state index contributed by atoms with van der Waals surface area (Å²) in [4.78, 5) is 4.37. The van der Waals surface area contributed by atoms with Crippen LogP contribution in [0.25, 0.3) is 16.6 Å². The number of hydrogen-bond donors (Lipinski definition) is 3. The van der Waals surface area contributed by atoms with Gasteiger partial charge in [0.05, 0.1) is 23.1 Å². The monoisotopic (exact) mass is 437 g/mol. The van der Waals surface area contributed by atoms with E-state index in [4.69, 9.17) is 5.26 Å². The number of aromatic nitrogens is 2. The molecular formula is C24H25F2N5O. The largest absolute Gasteiger partial charge is 0.513 e. The molecule has 6 nitrogen and oxygen atoms in total. The molecule has 0 spiro atoms. The first-order chi connectivity index (χ1) is 15.3. The van der Waals surface area contributed by atoms with Crippen LogP contribution in [-0.2, 0) is 0 Å². The molecule has 0 saturated heterocycles. The molecule has 2 bridgehead atoms. The van der Waals surface area contributed by atoms with Crippen LogP contribution in [0.5, 0.6) is 0 Å². The van der Waals surface area contributed by atoms with Crippen LogP contribution < -0.4 is 5.32 Å². The summed E-state index contributed by atoms with van der Waals surface area (Å²) >= 11 is 0. The third-order valence-corrected chi connectivity index (χ3v) is 6.66. The predicted molar refractivity (Wildman–Crippen MR) is 120 cm³/mol. The Balaban J connectivity index is 1.70. The van der Waals surface area contributed by atoms with Gasteiger partial charge in [0.1, 0.15) is 17.0 Å². The van der Waals surface area contributed by atoms with Crippen LogP contribution in [0.15, 0.2) is 47.9 Å². The van der Waals surface area contributed by atoms with Gasteiger partial charge in [0, 0.05) is 17.3 Å². The van der Waals surface area contributed by atoms with Gasteiger partial charge in [-0.1, -0.05) is 13.2 Å². The number of nitriles is 1. The first kappa shape index (κ1) is 21.8. The molecule has 3 N–H and O–H groups in total. The fraction of sp³-hybridized carbons (Fsp3) is 0.375. The van der Waals surface area contributed by atoms with E-state index in [0.717, 1.165) is 31.7 Å². The third kappa shape index (κ3) is 3.79. The Labute approximate surface area is 185 Å². The Bertz CT molecular complexity index is 1180. The van der Waals surface area contributed by atoms with E-state index in [0.29, 0.717) is 11.3 Å². The molecule has 2 aromatic rings. The summed E-state index contributed by atoms with van der Waals surface area (Å²) in [6.45, 7) is 9.22.